The number of amides is 4. The quantitative estimate of drug-likeness (QED) is 0.749. The number of carbonyl (C=O) groups excluding carboxylic acids is 3. The summed E-state index contributed by atoms with van der Waals surface area (Å²) in [6.07, 6.45) is 5.64. The lowest BCUT2D eigenvalue weighted by molar-refractivity contribution is -0.137. The molecule has 1 heterocycles. The van der Waals surface area contributed by atoms with Crippen LogP contribution < -0.4 is 10.6 Å². The fourth-order valence-electron chi connectivity index (χ4n) is 3.28. The first-order valence-electron chi connectivity index (χ1n) is 7.46. The average molecular weight is 279 g/mol. The minimum Gasteiger partial charge on any atom is -0.352 e. The van der Waals surface area contributed by atoms with Gasteiger partial charge in [-0.25, -0.2) is 4.79 Å². The Balaban J connectivity index is 1.70. The third-order valence-corrected chi connectivity index (χ3v) is 4.75. The highest BCUT2D eigenvalue weighted by atomic mass is 16.2. The summed E-state index contributed by atoms with van der Waals surface area (Å²) in [6.45, 7) is 1.85. The van der Waals surface area contributed by atoms with Crippen molar-refractivity contribution in [1.29, 1.82) is 0 Å². The van der Waals surface area contributed by atoms with Crippen LogP contribution >= 0.6 is 0 Å². The van der Waals surface area contributed by atoms with Crippen LogP contribution in [0.25, 0.3) is 0 Å². The number of carbonyl (C=O) groups is 3. The minimum atomic E-state index is -0.769. The molecule has 3 rings (SSSR count). The second-order valence-corrected chi connectivity index (χ2v) is 6.28. The summed E-state index contributed by atoms with van der Waals surface area (Å²) < 4.78 is 0. The van der Waals surface area contributed by atoms with Crippen LogP contribution in [-0.4, -0.2) is 40.9 Å². The smallest absolute Gasteiger partial charge is 0.325 e. The molecule has 2 saturated carbocycles. The number of rotatable bonds is 3. The van der Waals surface area contributed by atoms with Gasteiger partial charge in [-0.2, -0.15) is 0 Å². The van der Waals surface area contributed by atoms with Crippen LogP contribution in [-0.2, 0) is 9.59 Å². The molecular formula is C14H21N3O3. The lowest BCUT2D eigenvalue weighted by Gasteiger charge is -2.36. The van der Waals surface area contributed by atoms with Crippen LogP contribution in [0.5, 0.6) is 0 Å². The Morgan fingerprint density at radius 1 is 1.35 bits per heavy atom. The maximum absolute atomic E-state index is 12.6. The largest absolute Gasteiger partial charge is 0.352 e. The van der Waals surface area contributed by atoms with E-state index in [4.69, 9.17) is 0 Å². The van der Waals surface area contributed by atoms with E-state index in [-0.39, 0.29) is 30.3 Å². The van der Waals surface area contributed by atoms with Crippen molar-refractivity contribution in [3.8, 4) is 0 Å². The molecule has 0 bridgehead atoms. The minimum absolute atomic E-state index is 0.129. The van der Waals surface area contributed by atoms with Gasteiger partial charge in [0.15, 0.2) is 0 Å². The van der Waals surface area contributed by atoms with E-state index in [1.807, 2.05) is 6.92 Å². The van der Waals surface area contributed by atoms with E-state index in [0.717, 1.165) is 37.0 Å². The molecule has 3 fully saturated rings. The summed E-state index contributed by atoms with van der Waals surface area (Å²) in [7, 11) is 0. The fourth-order valence-corrected chi connectivity index (χ4v) is 3.28. The lowest BCUT2D eigenvalue weighted by Crippen LogP contribution is -2.54. The van der Waals surface area contributed by atoms with Gasteiger partial charge in [-0.3, -0.25) is 14.5 Å². The van der Waals surface area contributed by atoms with Gasteiger partial charge in [-0.15, -0.1) is 0 Å². The molecule has 0 aromatic rings. The summed E-state index contributed by atoms with van der Waals surface area (Å²) in [5.74, 6) is -0.332. The monoisotopic (exact) mass is 279 g/mol. The Labute approximate surface area is 118 Å². The predicted molar refractivity (Wildman–Crippen MR) is 71.8 cm³/mol. The zero-order valence-electron chi connectivity index (χ0n) is 11.8. The molecule has 3 aliphatic rings. The highest BCUT2D eigenvalue weighted by Crippen LogP contribution is 2.38. The van der Waals surface area contributed by atoms with E-state index in [9.17, 15) is 14.4 Å². The van der Waals surface area contributed by atoms with Crippen molar-refractivity contribution in [2.24, 2.45) is 5.92 Å². The summed E-state index contributed by atoms with van der Waals surface area (Å²) in [4.78, 5) is 37.5. The molecule has 2 atom stereocenters. The van der Waals surface area contributed by atoms with Gasteiger partial charge in [0.25, 0.3) is 5.91 Å². The van der Waals surface area contributed by atoms with Crippen LogP contribution in [0, 0.1) is 5.92 Å². The van der Waals surface area contributed by atoms with Crippen molar-refractivity contribution >= 4 is 17.8 Å². The predicted octanol–water partition coefficient (Wildman–Crippen LogP) is 0.766. The van der Waals surface area contributed by atoms with E-state index in [1.165, 1.54) is 0 Å². The molecule has 2 aliphatic carbocycles. The lowest BCUT2D eigenvalue weighted by atomic mass is 9.73. The van der Waals surface area contributed by atoms with Crippen LogP contribution in [0.3, 0.4) is 0 Å². The molecule has 6 nitrogen and oxygen atoms in total. The first kappa shape index (κ1) is 13.4. The molecule has 110 valence electrons. The molecule has 1 aliphatic heterocycles. The van der Waals surface area contributed by atoms with Crippen LogP contribution in [0.2, 0.25) is 0 Å². The van der Waals surface area contributed by atoms with Crippen LogP contribution in [0.15, 0.2) is 0 Å². The maximum atomic E-state index is 12.6. The van der Waals surface area contributed by atoms with Gasteiger partial charge in [0.2, 0.25) is 5.91 Å². The highest BCUT2D eigenvalue weighted by Gasteiger charge is 2.55. The molecule has 2 N–H and O–H groups in total. The van der Waals surface area contributed by atoms with E-state index < -0.39 is 11.6 Å². The van der Waals surface area contributed by atoms with E-state index in [2.05, 4.69) is 10.6 Å². The SMILES string of the molecule is C[C@H]1CCCC[C@@]12NC(=O)N(CC(=O)NC1CC1)C2=O. The number of hydrogen-bond acceptors (Lipinski definition) is 3. The number of imide groups is 1. The third kappa shape index (κ3) is 2.17. The van der Waals surface area contributed by atoms with Gasteiger partial charge >= 0.3 is 6.03 Å². The Kier molecular flexibility index (Phi) is 3.18. The normalized spacial score (nSPS) is 33.5. The first-order valence-corrected chi connectivity index (χ1v) is 7.46. The summed E-state index contributed by atoms with van der Waals surface area (Å²) >= 11 is 0. The highest BCUT2D eigenvalue weighted by molar-refractivity contribution is 6.09. The van der Waals surface area contributed by atoms with Gasteiger partial charge < -0.3 is 10.6 Å². The van der Waals surface area contributed by atoms with Crippen molar-refractivity contribution in [1.82, 2.24) is 15.5 Å². The van der Waals surface area contributed by atoms with Gasteiger partial charge in [0, 0.05) is 6.04 Å². The number of nitrogens with zero attached hydrogens (tertiary/aromatic N) is 1. The van der Waals surface area contributed by atoms with Crippen LogP contribution in [0.4, 0.5) is 4.79 Å². The molecule has 0 unspecified atom stereocenters. The third-order valence-electron chi connectivity index (χ3n) is 4.75. The first-order chi connectivity index (χ1) is 9.53. The zero-order chi connectivity index (χ0) is 14.3. The molecule has 0 aromatic heterocycles. The van der Waals surface area contributed by atoms with Crippen molar-refractivity contribution < 1.29 is 14.4 Å². The fraction of sp³-hybridized carbons (Fsp3) is 0.786. The maximum Gasteiger partial charge on any atom is 0.325 e. The summed E-state index contributed by atoms with van der Waals surface area (Å²) in [5, 5.41) is 5.66. The summed E-state index contributed by atoms with van der Waals surface area (Å²) in [6, 6.07) is -0.180. The molecular weight excluding hydrogens is 258 g/mol. The molecule has 0 aromatic carbocycles. The molecule has 1 spiro atoms. The van der Waals surface area contributed by atoms with Crippen LogP contribution in [0.1, 0.15) is 45.4 Å². The average Bonchev–Trinajstić information content (AvgIpc) is 3.17. The number of hydrogen-bond donors (Lipinski definition) is 2. The molecule has 4 amide bonds. The number of urea groups is 1. The van der Waals surface area contributed by atoms with E-state index in [0.29, 0.717) is 6.42 Å². The Hall–Kier alpha value is -1.59. The Morgan fingerprint density at radius 3 is 2.75 bits per heavy atom. The number of nitrogens with one attached hydrogen (secondary N) is 2. The topological polar surface area (TPSA) is 78.5 Å². The van der Waals surface area contributed by atoms with Gasteiger partial charge in [0.1, 0.15) is 12.1 Å². The van der Waals surface area contributed by atoms with Crippen molar-refractivity contribution in [2.75, 3.05) is 6.54 Å². The molecule has 1 saturated heterocycles. The van der Waals surface area contributed by atoms with Crippen molar-refractivity contribution in [3.63, 3.8) is 0 Å². The zero-order valence-corrected chi connectivity index (χ0v) is 11.8. The second kappa shape index (κ2) is 4.75. The molecule has 20 heavy (non-hydrogen) atoms. The van der Waals surface area contributed by atoms with E-state index >= 15 is 0 Å². The summed E-state index contributed by atoms with van der Waals surface area (Å²) in [5.41, 5.74) is -0.769. The Bertz CT molecular complexity index is 461. The Morgan fingerprint density at radius 2 is 2.10 bits per heavy atom. The van der Waals surface area contributed by atoms with E-state index in [1.54, 1.807) is 0 Å². The second-order valence-electron chi connectivity index (χ2n) is 6.28. The molecule has 6 heteroatoms. The van der Waals surface area contributed by atoms with Gasteiger partial charge in [0.05, 0.1) is 0 Å². The van der Waals surface area contributed by atoms with Crippen molar-refractivity contribution in [3.05, 3.63) is 0 Å². The van der Waals surface area contributed by atoms with Gasteiger partial charge in [-0.1, -0.05) is 19.8 Å². The standard InChI is InChI=1S/C14H21N3O3/c1-9-4-2-3-7-14(9)12(19)17(13(20)16-14)8-11(18)15-10-5-6-10/h9-10H,2-8H2,1H3,(H,15,18)(H,16,20)/t9-,14+/m0/s1. The molecule has 0 radical (unpaired) electrons. The van der Waals surface area contributed by atoms with Crippen molar-refractivity contribution in [2.45, 2.75) is 57.0 Å². The van der Waals surface area contributed by atoms with Gasteiger partial charge in [-0.05, 0) is 31.6 Å².